The normalized spacial score (nSPS) is 17.0. The van der Waals surface area contributed by atoms with Crippen molar-refractivity contribution < 1.29 is 14.4 Å². The Morgan fingerprint density at radius 2 is 1.79 bits per heavy atom. The summed E-state index contributed by atoms with van der Waals surface area (Å²) in [5.41, 5.74) is 0.544. The molecule has 0 atom stereocenters. The molecule has 3 heterocycles. The summed E-state index contributed by atoms with van der Waals surface area (Å²) in [6, 6.07) is 6.79. The molecule has 9 nitrogen and oxygen atoms in total. The fourth-order valence-electron chi connectivity index (χ4n) is 4.32. The van der Waals surface area contributed by atoms with E-state index in [-0.39, 0.29) is 27.7 Å². The Kier molecular flexibility index (Phi) is 8.47. The van der Waals surface area contributed by atoms with Gasteiger partial charge in [-0.1, -0.05) is 29.0 Å². The number of nitrogens with one attached hydrogen (secondary N) is 2. The maximum absolute atomic E-state index is 12.8. The van der Waals surface area contributed by atoms with E-state index in [0.717, 1.165) is 43.8 Å². The van der Waals surface area contributed by atoms with Gasteiger partial charge in [-0.2, -0.15) is 0 Å². The summed E-state index contributed by atoms with van der Waals surface area (Å²) in [6.45, 7) is 5.00. The van der Waals surface area contributed by atoms with Crippen LogP contribution in [0.25, 0.3) is 0 Å². The number of amides is 3. The molecule has 1 aromatic heterocycles. The maximum Gasteiger partial charge on any atom is 0.286 e. The third kappa shape index (κ3) is 6.74. The zero-order chi connectivity index (χ0) is 23.9. The highest BCUT2D eigenvalue weighted by Crippen LogP contribution is 2.23. The SMILES string of the molecule is O=C(CC1CCN(C(=O)c2nnc(C(=O)Nc3cccc(Cl)c3)s2)CC1)NCCN1CCCC1. The lowest BCUT2D eigenvalue weighted by Crippen LogP contribution is -2.40. The third-order valence-electron chi connectivity index (χ3n) is 6.21. The lowest BCUT2D eigenvalue weighted by atomic mass is 9.93. The lowest BCUT2D eigenvalue weighted by Gasteiger charge is -2.31. The number of nitrogens with zero attached hydrogens (tertiary/aromatic N) is 4. The van der Waals surface area contributed by atoms with Crippen LogP contribution in [-0.2, 0) is 4.79 Å². The second-order valence-corrected chi connectivity index (χ2v) is 10.1. The number of hydrogen-bond acceptors (Lipinski definition) is 7. The summed E-state index contributed by atoms with van der Waals surface area (Å²) >= 11 is 6.91. The minimum Gasteiger partial charge on any atom is -0.355 e. The van der Waals surface area contributed by atoms with E-state index in [1.165, 1.54) is 12.8 Å². The Bertz CT molecular complexity index is 1020. The van der Waals surface area contributed by atoms with Crippen LogP contribution in [-0.4, -0.2) is 77.0 Å². The van der Waals surface area contributed by atoms with Crippen molar-refractivity contribution in [2.24, 2.45) is 5.92 Å². The number of rotatable bonds is 8. The highest BCUT2D eigenvalue weighted by atomic mass is 35.5. The highest BCUT2D eigenvalue weighted by Gasteiger charge is 2.28. The number of benzene rings is 1. The molecule has 2 fully saturated rings. The van der Waals surface area contributed by atoms with Crippen molar-refractivity contribution in [3.8, 4) is 0 Å². The standard InChI is InChI=1S/C23H29ClN6O3S/c24-17-4-3-5-18(15-17)26-20(32)21-27-28-22(34-21)23(33)30-11-6-16(7-12-30)14-19(31)25-8-13-29-9-1-2-10-29/h3-5,15-16H,1-2,6-14H2,(H,25,31)(H,26,32). The summed E-state index contributed by atoms with van der Waals surface area (Å²) in [6.07, 6.45) is 4.53. The number of carbonyl (C=O) groups excluding carboxylic acids is 3. The van der Waals surface area contributed by atoms with Gasteiger partial charge >= 0.3 is 0 Å². The van der Waals surface area contributed by atoms with E-state index in [1.807, 2.05) is 0 Å². The van der Waals surface area contributed by atoms with Crippen LogP contribution in [0.1, 0.15) is 51.7 Å². The van der Waals surface area contributed by atoms with E-state index in [2.05, 4.69) is 25.7 Å². The molecule has 2 aromatic rings. The molecule has 2 N–H and O–H groups in total. The molecule has 0 aliphatic carbocycles. The van der Waals surface area contributed by atoms with Crippen LogP contribution in [0.4, 0.5) is 5.69 Å². The lowest BCUT2D eigenvalue weighted by molar-refractivity contribution is -0.122. The van der Waals surface area contributed by atoms with Gasteiger partial charge < -0.3 is 20.4 Å². The van der Waals surface area contributed by atoms with E-state index in [1.54, 1.807) is 29.2 Å². The van der Waals surface area contributed by atoms with Gasteiger partial charge in [0, 0.05) is 43.3 Å². The molecule has 3 amide bonds. The van der Waals surface area contributed by atoms with Crippen molar-refractivity contribution in [1.82, 2.24) is 25.3 Å². The van der Waals surface area contributed by atoms with Gasteiger partial charge in [-0.15, -0.1) is 10.2 Å². The fourth-order valence-corrected chi connectivity index (χ4v) is 5.22. The molecule has 34 heavy (non-hydrogen) atoms. The van der Waals surface area contributed by atoms with Gasteiger partial charge in [0.2, 0.25) is 15.9 Å². The molecule has 0 saturated carbocycles. The van der Waals surface area contributed by atoms with Crippen LogP contribution in [0, 0.1) is 5.92 Å². The second kappa shape index (κ2) is 11.7. The van der Waals surface area contributed by atoms with Crippen LogP contribution in [0.3, 0.4) is 0 Å². The number of piperidine rings is 1. The maximum atomic E-state index is 12.8. The van der Waals surface area contributed by atoms with Crippen molar-refractivity contribution in [2.45, 2.75) is 32.1 Å². The predicted molar refractivity (Wildman–Crippen MR) is 131 cm³/mol. The Morgan fingerprint density at radius 1 is 1.06 bits per heavy atom. The average molecular weight is 505 g/mol. The van der Waals surface area contributed by atoms with Crippen molar-refractivity contribution in [3.63, 3.8) is 0 Å². The highest BCUT2D eigenvalue weighted by molar-refractivity contribution is 7.15. The zero-order valence-corrected chi connectivity index (χ0v) is 20.5. The largest absolute Gasteiger partial charge is 0.355 e. The Labute approximate surface area is 207 Å². The summed E-state index contributed by atoms with van der Waals surface area (Å²) < 4.78 is 0. The van der Waals surface area contributed by atoms with Crippen LogP contribution in [0.15, 0.2) is 24.3 Å². The monoisotopic (exact) mass is 504 g/mol. The van der Waals surface area contributed by atoms with Crippen LogP contribution in [0.5, 0.6) is 0 Å². The summed E-state index contributed by atoms with van der Waals surface area (Å²) in [4.78, 5) is 41.6. The third-order valence-corrected chi connectivity index (χ3v) is 7.35. The molecule has 11 heteroatoms. The first-order chi connectivity index (χ1) is 16.5. The summed E-state index contributed by atoms with van der Waals surface area (Å²) in [5.74, 6) is -0.311. The first-order valence-electron chi connectivity index (χ1n) is 11.7. The molecular weight excluding hydrogens is 476 g/mol. The number of carbonyl (C=O) groups is 3. The number of hydrogen-bond donors (Lipinski definition) is 2. The number of likely N-dealkylation sites (tertiary alicyclic amines) is 2. The van der Waals surface area contributed by atoms with E-state index >= 15 is 0 Å². The molecule has 0 spiro atoms. The number of halogens is 1. The van der Waals surface area contributed by atoms with E-state index in [9.17, 15) is 14.4 Å². The van der Waals surface area contributed by atoms with Gasteiger partial charge in [-0.25, -0.2) is 0 Å². The minimum atomic E-state index is -0.437. The Balaban J connectivity index is 1.20. The van der Waals surface area contributed by atoms with Crippen molar-refractivity contribution >= 4 is 46.3 Å². The van der Waals surface area contributed by atoms with Gasteiger partial charge in [0.05, 0.1) is 0 Å². The van der Waals surface area contributed by atoms with E-state index < -0.39 is 5.91 Å². The molecule has 0 unspecified atom stereocenters. The quantitative estimate of drug-likeness (QED) is 0.572. The van der Waals surface area contributed by atoms with Crippen LogP contribution < -0.4 is 10.6 Å². The summed E-state index contributed by atoms with van der Waals surface area (Å²) in [5, 5.41) is 14.4. The van der Waals surface area contributed by atoms with Crippen LogP contribution in [0.2, 0.25) is 5.02 Å². The molecule has 0 bridgehead atoms. The minimum absolute atomic E-state index is 0.0865. The van der Waals surface area contributed by atoms with Crippen molar-refractivity contribution in [2.75, 3.05) is 44.6 Å². The predicted octanol–water partition coefficient (Wildman–Crippen LogP) is 2.90. The van der Waals surface area contributed by atoms with Gasteiger partial charge in [0.25, 0.3) is 11.8 Å². The molecule has 2 saturated heterocycles. The Hall–Kier alpha value is -2.56. The molecule has 182 valence electrons. The topological polar surface area (TPSA) is 108 Å². The van der Waals surface area contributed by atoms with E-state index in [0.29, 0.717) is 36.8 Å². The molecular formula is C23H29ClN6O3S. The molecule has 4 rings (SSSR count). The van der Waals surface area contributed by atoms with Crippen molar-refractivity contribution in [3.05, 3.63) is 39.3 Å². The van der Waals surface area contributed by atoms with E-state index in [4.69, 9.17) is 11.6 Å². The number of aromatic nitrogens is 2. The van der Waals surface area contributed by atoms with Gasteiger partial charge in [-0.05, 0) is 62.9 Å². The zero-order valence-electron chi connectivity index (χ0n) is 19.0. The first-order valence-corrected chi connectivity index (χ1v) is 12.9. The Morgan fingerprint density at radius 3 is 2.53 bits per heavy atom. The molecule has 2 aliphatic rings. The smallest absolute Gasteiger partial charge is 0.286 e. The number of anilines is 1. The van der Waals surface area contributed by atoms with Crippen molar-refractivity contribution in [1.29, 1.82) is 0 Å². The van der Waals surface area contributed by atoms with Gasteiger partial charge in [0.15, 0.2) is 0 Å². The second-order valence-electron chi connectivity index (χ2n) is 8.72. The first kappa shape index (κ1) is 24.6. The molecule has 1 aromatic carbocycles. The summed E-state index contributed by atoms with van der Waals surface area (Å²) in [7, 11) is 0. The average Bonchev–Trinajstić information content (AvgIpc) is 3.52. The molecule has 2 aliphatic heterocycles. The van der Waals surface area contributed by atoms with Gasteiger partial charge in [-0.3, -0.25) is 14.4 Å². The van der Waals surface area contributed by atoms with Crippen LogP contribution >= 0.6 is 22.9 Å². The molecule has 0 radical (unpaired) electrons. The fraction of sp³-hybridized carbons (Fsp3) is 0.522. The van der Waals surface area contributed by atoms with Gasteiger partial charge in [0.1, 0.15) is 0 Å².